The number of amides is 1. The van der Waals surface area contributed by atoms with E-state index in [0.717, 1.165) is 33.4 Å². The van der Waals surface area contributed by atoms with Crippen molar-refractivity contribution in [3.05, 3.63) is 71.8 Å². The quantitative estimate of drug-likeness (QED) is 0.447. The van der Waals surface area contributed by atoms with E-state index >= 15 is 0 Å². The highest BCUT2D eigenvalue weighted by atomic mass is 16.5. The van der Waals surface area contributed by atoms with Gasteiger partial charge in [-0.05, 0) is 29.5 Å². The molecular weight excluding hydrogens is 434 g/mol. The van der Waals surface area contributed by atoms with Gasteiger partial charge in [0.2, 0.25) is 0 Å². The average Bonchev–Trinajstić information content (AvgIpc) is 2.87. The standard InChI is InChI=1S/C27H31NO6/c1-32-26-21(8-7-19-5-2-3-6-24(19)26)18-34-25-17-28(27(30)31)14-13-23(25)20-9-11-22(12-10-20)33-16-4-15-29/h2-3,5-12,23,25,29H,4,13-18H2,1H3,(H,30,31). The third-order valence-corrected chi connectivity index (χ3v) is 6.33. The molecule has 3 aromatic rings. The highest BCUT2D eigenvalue weighted by molar-refractivity contribution is 5.89. The van der Waals surface area contributed by atoms with Crippen LogP contribution in [-0.2, 0) is 11.3 Å². The molecule has 2 atom stereocenters. The predicted molar refractivity (Wildman–Crippen MR) is 130 cm³/mol. The van der Waals surface area contributed by atoms with Gasteiger partial charge >= 0.3 is 6.09 Å². The summed E-state index contributed by atoms with van der Waals surface area (Å²) < 4.78 is 17.7. The van der Waals surface area contributed by atoms with E-state index in [9.17, 15) is 9.90 Å². The van der Waals surface area contributed by atoms with E-state index in [0.29, 0.717) is 39.1 Å². The van der Waals surface area contributed by atoms with Crippen LogP contribution in [-0.4, -0.2) is 60.7 Å². The van der Waals surface area contributed by atoms with E-state index in [1.165, 1.54) is 4.90 Å². The molecule has 0 aromatic heterocycles. The van der Waals surface area contributed by atoms with E-state index < -0.39 is 6.09 Å². The highest BCUT2D eigenvalue weighted by Gasteiger charge is 2.33. The lowest BCUT2D eigenvalue weighted by atomic mass is 9.87. The van der Waals surface area contributed by atoms with Crippen molar-refractivity contribution in [3.8, 4) is 11.5 Å². The van der Waals surface area contributed by atoms with Crippen LogP contribution >= 0.6 is 0 Å². The molecule has 1 saturated heterocycles. The van der Waals surface area contributed by atoms with Gasteiger partial charge in [0, 0.05) is 36.4 Å². The van der Waals surface area contributed by atoms with Gasteiger partial charge in [-0.2, -0.15) is 0 Å². The minimum Gasteiger partial charge on any atom is -0.496 e. The lowest BCUT2D eigenvalue weighted by Crippen LogP contribution is -2.46. The van der Waals surface area contributed by atoms with E-state index in [4.69, 9.17) is 19.3 Å². The molecule has 34 heavy (non-hydrogen) atoms. The summed E-state index contributed by atoms with van der Waals surface area (Å²) >= 11 is 0. The maximum absolute atomic E-state index is 11.7. The molecule has 3 aromatic carbocycles. The van der Waals surface area contributed by atoms with Crippen LogP contribution in [0.25, 0.3) is 10.8 Å². The first-order valence-corrected chi connectivity index (χ1v) is 11.6. The zero-order valence-electron chi connectivity index (χ0n) is 19.4. The smallest absolute Gasteiger partial charge is 0.407 e. The summed E-state index contributed by atoms with van der Waals surface area (Å²) in [5, 5.41) is 20.6. The molecule has 2 unspecified atom stereocenters. The van der Waals surface area contributed by atoms with E-state index in [2.05, 4.69) is 0 Å². The second-order valence-electron chi connectivity index (χ2n) is 8.45. The zero-order chi connectivity index (χ0) is 23.9. The highest BCUT2D eigenvalue weighted by Crippen LogP contribution is 2.34. The van der Waals surface area contributed by atoms with Crippen LogP contribution in [0.4, 0.5) is 4.79 Å². The number of fused-ring (bicyclic) bond motifs is 1. The van der Waals surface area contributed by atoms with Crippen molar-refractivity contribution in [2.24, 2.45) is 0 Å². The summed E-state index contributed by atoms with van der Waals surface area (Å²) in [6, 6.07) is 20.0. The molecule has 4 rings (SSSR count). The number of hydrogen-bond donors (Lipinski definition) is 2. The van der Waals surface area contributed by atoms with E-state index in [1.54, 1.807) is 7.11 Å². The Hall–Kier alpha value is -3.29. The van der Waals surface area contributed by atoms with Gasteiger partial charge < -0.3 is 29.3 Å². The number of benzene rings is 3. The van der Waals surface area contributed by atoms with Crippen molar-refractivity contribution in [1.82, 2.24) is 4.90 Å². The SMILES string of the molecule is COc1c(COC2CN(C(=O)O)CCC2c2ccc(OCCCO)cc2)ccc2ccccc12. The van der Waals surface area contributed by atoms with E-state index in [1.807, 2.05) is 60.7 Å². The zero-order valence-corrected chi connectivity index (χ0v) is 19.4. The molecule has 0 saturated carbocycles. The molecule has 1 fully saturated rings. The number of hydrogen-bond acceptors (Lipinski definition) is 5. The molecule has 7 heteroatoms. The van der Waals surface area contributed by atoms with Crippen molar-refractivity contribution in [2.75, 3.05) is 33.4 Å². The first-order valence-electron chi connectivity index (χ1n) is 11.6. The Balaban J connectivity index is 1.52. The molecule has 1 aliphatic heterocycles. The third-order valence-electron chi connectivity index (χ3n) is 6.33. The van der Waals surface area contributed by atoms with Crippen LogP contribution in [0.3, 0.4) is 0 Å². The largest absolute Gasteiger partial charge is 0.496 e. The fourth-order valence-corrected chi connectivity index (χ4v) is 4.55. The first-order chi connectivity index (χ1) is 16.6. The van der Waals surface area contributed by atoms with Gasteiger partial charge in [0.25, 0.3) is 0 Å². The summed E-state index contributed by atoms with van der Waals surface area (Å²) in [4.78, 5) is 13.1. The van der Waals surface area contributed by atoms with Crippen molar-refractivity contribution in [1.29, 1.82) is 0 Å². The van der Waals surface area contributed by atoms with Gasteiger partial charge in [-0.3, -0.25) is 0 Å². The molecule has 180 valence electrons. The monoisotopic (exact) mass is 465 g/mol. The molecule has 1 heterocycles. The number of aliphatic hydroxyl groups excluding tert-OH is 1. The molecule has 0 aliphatic carbocycles. The molecule has 0 spiro atoms. The lowest BCUT2D eigenvalue weighted by molar-refractivity contribution is -0.0204. The lowest BCUT2D eigenvalue weighted by Gasteiger charge is -2.37. The predicted octanol–water partition coefficient (Wildman–Crippen LogP) is 4.66. The number of aliphatic hydroxyl groups is 1. The third kappa shape index (κ3) is 5.43. The molecule has 7 nitrogen and oxygen atoms in total. The summed E-state index contributed by atoms with van der Waals surface area (Å²) in [5.41, 5.74) is 2.02. The number of ether oxygens (including phenoxy) is 3. The number of carbonyl (C=O) groups is 1. The van der Waals surface area contributed by atoms with Crippen LogP contribution in [0.15, 0.2) is 60.7 Å². The van der Waals surface area contributed by atoms with Crippen LogP contribution in [0.2, 0.25) is 0 Å². The number of methoxy groups -OCH3 is 1. The Bertz CT molecular complexity index is 1100. The fourth-order valence-electron chi connectivity index (χ4n) is 4.55. The van der Waals surface area contributed by atoms with Crippen molar-refractivity contribution in [3.63, 3.8) is 0 Å². The van der Waals surface area contributed by atoms with Crippen LogP contribution in [0.1, 0.15) is 29.9 Å². The fraction of sp³-hybridized carbons (Fsp3) is 0.370. The number of rotatable bonds is 9. The van der Waals surface area contributed by atoms with Crippen molar-refractivity contribution in [2.45, 2.75) is 31.5 Å². The van der Waals surface area contributed by atoms with Crippen LogP contribution in [0.5, 0.6) is 11.5 Å². The number of nitrogens with zero attached hydrogens (tertiary/aromatic N) is 1. The van der Waals surface area contributed by atoms with Crippen LogP contribution in [0, 0.1) is 0 Å². The van der Waals surface area contributed by atoms with Gasteiger partial charge in [0.05, 0.1) is 33.0 Å². The summed E-state index contributed by atoms with van der Waals surface area (Å²) in [6.45, 7) is 1.66. The molecule has 1 amide bonds. The Morgan fingerprint density at radius 1 is 1.09 bits per heavy atom. The average molecular weight is 466 g/mol. The van der Waals surface area contributed by atoms with Gasteiger partial charge in [0.15, 0.2) is 0 Å². The van der Waals surface area contributed by atoms with Crippen LogP contribution < -0.4 is 9.47 Å². The Morgan fingerprint density at radius 3 is 2.62 bits per heavy atom. The first kappa shape index (κ1) is 23.9. The summed E-state index contributed by atoms with van der Waals surface area (Å²) in [5.74, 6) is 1.59. The van der Waals surface area contributed by atoms with Gasteiger partial charge in [0.1, 0.15) is 11.5 Å². The number of piperidine rings is 1. The Labute approximate surface area is 199 Å². The normalized spacial score (nSPS) is 18.1. The van der Waals surface area contributed by atoms with Gasteiger partial charge in [-0.15, -0.1) is 0 Å². The molecule has 2 N–H and O–H groups in total. The van der Waals surface area contributed by atoms with Gasteiger partial charge in [-0.1, -0.05) is 48.5 Å². The van der Waals surface area contributed by atoms with Crippen molar-refractivity contribution < 1.29 is 29.2 Å². The molecule has 0 bridgehead atoms. The minimum atomic E-state index is -0.928. The topological polar surface area (TPSA) is 88.5 Å². The molecule has 1 aliphatic rings. The summed E-state index contributed by atoms with van der Waals surface area (Å²) in [6.07, 6.45) is 0.0465. The molecule has 0 radical (unpaired) electrons. The van der Waals surface area contributed by atoms with E-state index in [-0.39, 0.29) is 18.6 Å². The second kappa shape index (κ2) is 11.2. The number of carboxylic acid groups (broad SMARTS) is 1. The Kier molecular flexibility index (Phi) is 7.87. The molecular formula is C27H31NO6. The second-order valence-corrected chi connectivity index (χ2v) is 8.45. The minimum absolute atomic E-state index is 0.0635. The summed E-state index contributed by atoms with van der Waals surface area (Å²) in [7, 11) is 1.66. The number of likely N-dealkylation sites (tertiary alicyclic amines) is 1. The maximum Gasteiger partial charge on any atom is 0.407 e. The Morgan fingerprint density at radius 2 is 1.88 bits per heavy atom. The van der Waals surface area contributed by atoms with Gasteiger partial charge in [-0.25, -0.2) is 4.79 Å². The maximum atomic E-state index is 11.7. The van der Waals surface area contributed by atoms with Crippen molar-refractivity contribution >= 4 is 16.9 Å².